The molecule has 2 aromatic rings. The average molecular weight is 307 g/mol. The summed E-state index contributed by atoms with van der Waals surface area (Å²) in [6.07, 6.45) is 4.01. The summed E-state index contributed by atoms with van der Waals surface area (Å²) in [5.41, 5.74) is 3.50. The molecule has 1 aliphatic rings. The third-order valence-electron chi connectivity index (χ3n) is 3.78. The smallest absolute Gasteiger partial charge is 0.152 e. The van der Waals surface area contributed by atoms with Gasteiger partial charge < -0.3 is 4.90 Å². The van der Waals surface area contributed by atoms with Gasteiger partial charge in [-0.25, -0.2) is 4.98 Å². The highest BCUT2D eigenvalue weighted by atomic mass is 35.5. The number of aryl methyl sites for hydroxylation is 1. The van der Waals surface area contributed by atoms with E-state index < -0.39 is 0 Å². The molecule has 2 heterocycles. The normalized spacial score (nSPS) is 17.9. The molecule has 1 atom stereocenters. The predicted molar refractivity (Wildman–Crippen MR) is 85.2 cm³/mol. The molecule has 0 amide bonds. The Bertz CT molecular complexity index is 628. The molecule has 20 heavy (non-hydrogen) atoms. The van der Waals surface area contributed by atoms with Gasteiger partial charge in [-0.2, -0.15) is 0 Å². The number of rotatable bonds is 2. The highest BCUT2D eigenvalue weighted by Crippen LogP contribution is 2.38. The molecule has 104 valence electrons. The minimum absolute atomic E-state index is 0.386. The summed E-state index contributed by atoms with van der Waals surface area (Å²) in [5.74, 6) is 1.25. The summed E-state index contributed by atoms with van der Waals surface area (Å²) in [6.45, 7) is 2.21. The molecule has 4 heteroatoms. The van der Waals surface area contributed by atoms with Gasteiger partial charge in [-0.05, 0) is 43.0 Å². The lowest BCUT2D eigenvalue weighted by molar-refractivity contribution is 0.613. The summed E-state index contributed by atoms with van der Waals surface area (Å²) in [6, 6.07) is 10.7. The zero-order valence-corrected chi connectivity index (χ0v) is 12.8. The van der Waals surface area contributed by atoms with E-state index in [9.17, 15) is 0 Å². The van der Waals surface area contributed by atoms with Crippen molar-refractivity contribution in [1.82, 2.24) is 4.98 Å². The molecule has 0 fully saturated rings. The number of benzene rings is 1. The topological polar surface area (TPSA) is 16.1 Å². The van der Waals surface area contributed by atoms with Gasteiger partial charge in [0.2, 0.25) is 0 Å². The Morgan fingerprint density at radius 1 is 1.35 bits per heavy atom. The van der Waals surface area contributed by atoms with Gasteiger partial charge in [0, 0.05) is 23.8 Å². The second-order valence-electron chi connectivity index (χ2n) is 5.17. The number of nitrogens with zero attached hydrogens (tertiary/aromatic N) is 2. The molecule has 1 aliphatic heterocycles. The number of fused-ring (bicyclic) bond motifs is 1. The molecule has 0 saturated carbocycles. The molecule has 0 saturated heterocycles. The van der Waals surface area contributed by atoms with Gasteiger partial charge in [-0.3, -0.25) is 0 Å². The highest BCUT2D eigenvalue weighted by Gasteiger charge is 2.26. The summed E-state index contributed by atoms with van der Waals surface area (Å²) in [4.78, 5) is 6.77. The number of hydrogen-bond donors (Lipinski definition) is 0. The molecule has 0 bridgehead atoms. The number of para-hydroxylation sites is 1. The number of aromatic nitrogens is 1. The van der Waals surface area contributed by atoms with Crippen molar-refractivity contribution in [3.8, 4) is 0 Å². The first-order valence-corrected chi connectivity index (χ1v) is 7.69. The van der Waals surface area contributed by atoms with E-state index in [0.29, 0.717) is 16.9 Å². The van der Waals surface area contributed by atoms with E-state index in [1.165, 1.54) is 11.3 Å². The highest BCUT2D eigenvalue weighted by molar-refractivity contribution is 6.33. The number of alkyl halides is 1. The SMILES string of the molecule is CC1CCc2ccccc2N1c1ncc(CCl)cc1Cl. The van der Waals surface area contributed by atoms with Gasteiger partial charge in [0.05, 0.1) is 5.02 Å². The van der Waals surface area contributed by atoms with Crippen LogP contribution in [0.4, 0.5) is 11.5 Å². The quantitative estimate of drug-likeness (QED) is 0.730. The van der Waals surface area contributed by atoms with Crippen molar-refractivity contribution in [2.24, 2.45) is 0 Å². The van der Waals surface area contributed by atoms with Gasteiger partial charge in [-0.15, -0.1) is 11.6 Å². The Morgan fingerprint density at radius 3 is 2.90 bits per heavy atom. The lowest BCUT2D eigenvalue weighted by Crippen LogP contribution is -2.34. The Labute approximate surface area is 129 Å². The van der Waals surface area contributed by atoms with E-state index in [1.807, 2.05) is 6.07 Å². The first-order valence-electron chi connectivity index (χ1n) is 6.78. The van der Waals surface area contributed by atoms with E-state index in [1.54, 1.807) is 6.20 Å². The molecule has 0 aliphatic carbocycles. The lowest BCUT2D eigenvalue weighted by Gasteiger charge is -2.36. The standard InChI is InChI=1S/C16H16Cl2N2/c1-11-6-7-13-4-2-3-5-15(13)20(11)16-14(18)8-12(9-17)10-19-16/h2-5,8,10-11H,6-7,9H2,1H3. The summed E-state index contributed by atoms with van der Waals surface area (Å²) < 4.78 is 0. The zero-order chi connectivity index (χ0) is 14.1. The average Bonchev–Trinajstić information content (AvgIpc) is 2.48. The van der Waals surface area contributed by atoms with E-state index in [2.05, 4.69) is 41.1 Å². The molecular weight excluding hydrogens is 291 g/mol. The maximum absolute atomic E-state index is 6.41. The van der Waals surface area contributed by atoms with Crippen molar-refractivity contribution in [1.29, 1.82) is 0 Å². The number of pyridine rings is 1. The fraction of sp³-hybridized carbons (Fsp3) is 0.312. The molecule has 1 unspecified atom stereocenters. The number of anilines is 2. The molecule has 2 nitrogen and oxygen atoms in total. The molecular formula is C16H16Cl2N2. The number of hydrogen-bond acceptors (Lipinski definition) is 2. The van der Waals surface area contributed by atoms with Crippen molar-refractivity contribution in [2.75, 3.05) is 4.90 Å². The van der Waals surface area contributed by atoms with Crippen LogP contribution >= 0.6 is 23.2 Å². The number of halogens is 2. The zero-order valence-electron chi connectivity index (χ0n) is 11.3. The van der Waals surface area contributed by atoms with Gasteiger partial charge in [-0.1, -0.05) is 29.8 Å². The van der Waals surface area contributed by atoms with Crippen LogP contribution in [-0.4, -0.2) is 11.0 Å². The maximum Gasteiger partial charge on any atom is 0.152 e. The third kappa shape index (κ3) is 2.38. The molecule has 1 aromatic heterocycles. The first-order chi connectivity index (χ1) is 9.70. The van der Waals surface area contributed by atoms with Gasteiger partial charge >= 0.3 is 0 Å². The van der Waals surface area contributed by atoms with Gasteiger partial charge in [0.15, 0.2) is 5.82 Å². The van der Waals surface area contributed by atoms with Crippen molar-refractivity contribution < 1.29 is 0 Å². The van der Waals surface area contributed by atoms with Gasteiger partial charge in [0.25, 0.3) is 0 Å². The van der Waals surface area contributed by atoms with Crippen LogP contribution in [0.3, 0.4) is 0 Å². The van der Waals surface area contributed by atoms with E-state index in [-0.39, 0.29) is 0 Å². The van der Waals surface area contributed by atoms with Crippen LogP contribution in [0.25, 0.3) is 0 Å². The van der Waals surface area contributed by atoms with E-state index in [4.69, 9.17) is 23.2 Å². The Morgan fingerprint density at radius 2 is 2.15 bits per heavy atom. The monoisotopic (exact) mass is 306 g/mol. The second-order valence-corrected chi connectivity index (χ2v) is 5.84. The van der Waals surface area contributed by atoms with Crippen molar-refractivity contribution in [3.63, 3.8) is 0 Å². The van der Waals surface area contributed by atoms with Crippen molar-refractivity contribution in [3.05, 3.63) is 52.7 Å². The fourth-order valence-corrected chi connectivity index (χ4v) is 3.16. The molecule has 0 N–H and O–H groups in total. The predicted octanol–water partition coefficient (Wildman–Crippen LogP) is 4.95. The molecule has 0 radical (unpaired) electrons. The van der Waals surface area contributed by atoms with Crippen molar-refractivity contribution >= 4 is 34.7 Å². The van der Waals surface area contributed by atoms with Crippen LogP contribution in [0, 0.1) is 0 Å². The summed E-state index contributed by atoms with van der Waals surface area (Å²) >= 11 is 12.2. The molecule has 3 rings (SSSR count). The Kier molecular flexibility index (Phi) is 3.86. The first kappa shape index (κ1) is 13.7. The summed E-state index contributed by atoms with van der Waals surface area (Å²) in [7, 11) is 0. The maximum atomic E-state index is 6.41. The largest absolute Gasteiger partial charge is 0.322 e. The summed E-state index contributed by atoms with van der Waals surface area (Å²) in [5, 5.41) is 0.659. The van der Waals surface area contributed by atoms with Crippen LogP contribution in [0.15, 0.2) is 36.5 Å². The van der Waals surface area contributed by atoms with E-state index in [0.717, 1.165) is 24.2 Å². The molecule has 0 spiro atoms. The van der Waals surface area contributed by atoms with Crippen LogP contribution in [0.5, 0.6) is 0 Å². The van der Waals surface area contributed by atoms with Crippen LogP contribution in [-0.2, 0) is 12.3 Å². The van der Waals surface area contributed by atoms with Gasteiger partial charge in [0.1, 0.15) is 0 Å². The Balaban J connectivity index is 2.09. The lowest BCUT2D eigenvalue weighted by atomic mass is 9.96. The second kappa shape index (κ2) is 5.63. The molecule has 1 aromatic carbocycles. The van der Waals surface area contributed by atoms with Crippen LogP contribution in [0.2, 0.25) is 5.02 Å². The van der Waals surface area contributed by atoms with E-state index >= 15 is 0 Å². The van der Waals surface area contributed by atoms with Crippen LogP contribution in [0.1, 0.15) is 24.5 Å². The third-order valence-corrected chi connectivity index (χ3v) is 4.37. The van der Waals surface area contributed by atoms with Crippen LogP contribution < -0.4 is 4.90 Å². The Hall–Kier alpha value is -1.25. The minimum atomic E-state index is 0.386. The fourth-order valence-electron chi connectivity index (χ4n) is 2.73. The minimum Gasteiger partial charge on any atom is -0.322 e. The van der Waals surface area contributed by atoms with Crippen molar-refractivity contribution in [2.45, 2.75) is 31.7 Å².